The molecule has 2 rings (SSSR count). The highest BCUT2D eigenvalue weighted by Gasteiger charge is 2.26. The zero-order chi connectivity index (χ0) is 20.2. The van der Waals surface area contributed by atoms with Crippen LogP contribution in [0.25, 0.3) is 0 Å². The number of benzene rings is 1. The Labute approximate surface area is 163 Å². The molecule has 27 heavy (non-hydrogen) atoms. The van der Waals surface area contributed by atoms with Crippen LogP contribution in [0.3, 0.4) is 0 Å². The van der Waals surface area contributed by atoms with Gasteiger partial charge in [0.1, 0.15) is 0 Å². The highest BCUT2D eigenvalue weighted by atomic mass is 32.2. The van der Waals surface area contributed by atoms with Gasteiger partial charge in [-0.2, -0.15) is 12.7 Å². The molecule has 1 aliphatic rings. The van der Waals surface area contributed by atoms with Crippen molar-refractivity contribution in [1.82, 2.24) is 13.9 Å². The third-order valence-corrected chi connectivity index (χ3v) is 7.65. The second-order valence-corrected chi connectivity index (χ2v) is 11.0. The lowest BCUT2D eigenvalue weighted by Gasteiger charge is -2.30. The number of hydrogen-bond acceptors (Lipinski definition) is 5. The number of sulfonamides is 1. The summed E-state index contributed by atoms with van der Waals surface area (Å²) in [5.41, 5.74) is 0.305. The van der Waals surface area contributed by atoms with Crippen LogP contribution in [-0.4, -0.2) is 65.8 Å². The minimum absolute atomic E-state index is 0.110. The Hall–Kier alpha value is -1.20. The van der Waals surface area contributed by atoms with Crippen LogP contribution < -0.4 is 9.44 Å². The van der Waals surface area contributed by atoms with Crippen molar-refractivity contribution in [2.24, 2.45) is 5.92 Å². The van der Waals surface area contributed by atoms with Gasteiger partial charge in [0.15, 0.2) is 0 Å². The van der Waals surface area contributed by atoms with Crippen molar-refractivity contribution >= 4 is 25.9 Å². The van der Waals surface area contributed by atoms with Crippen LogP contribution in [0.1, 0.15) is 26.7 Å². The largest absolute Gasteiger partial charge is 0.301 e. The molecule has 0 spiro atoms. The molecule has 1 aromatic carbocycles. The molecule has 0 aliphatic carbocycles. The minimum Gasteiger partial charge on any atom is -0.299 e. The molecule has 2 N–H and O–H groups in total. The molecule has 10 heteroatoms. The molecule has 1 aromatic rings. The predicted molar refractivity (Wildman–Crippen MR) is 107 cm³/mol. The SMILES string of the molecule is CC(C)C(CNS(=O)(=O)c1ccc(NS(=O)(=O)N(C)C)cc1)N1CCCC1. The average Bonchev–Trinajstić information content (AvgIpc) is 3.08. The molecule has 1 saturated heterocycles. The van der Waals surface area contributed by atoms with Crippen LogP contribution in [0, 0.1) is 5.92 Å². The van der Waals surface area contributed by atoms with E-state index < -0.39 is 20.2 Å². The van der Waals surface area contributed by atoms with Gasteiger partial charge in [0.2, 0.25) is 10.0 Å². The molecule has 0 amide bonds. The van der Waals surface area contributed by atoms with Crippen LogP contribution in [0.5, 0.6) is 0 Å². The second kappa shape index (κ2) is 8.87. The molecule has 154 valence electrons. The van der Waals surface area contributed by atoms with E-state index in [2.05, 4.69) is 28.2 Å². The smallest absolute Gasteiger partial charge is 0.299 e. The third kappa shape index (κ3) is 5.89. The van der Waals surface area contributed by atoms with E-state index in [1.165, 1.54) is 38.4 Å². The van der Waals surface area contributed by atoms with Crippen molar-refractivity contribution in [2.75, 3.05) is 38.5 Å². The van der Waals surface area contributed by atoms with E-state index in [9.17, 15) is 16.8 Å². The van der Waals surface area contributed by atoms with E-state index >= 15 is 0 Å². The van der Waals surface area contributed by atoms with Crippen LogP contribution in [0.4, 0.5) is 5.69 Å². The third-order valence-electron chi connectivity index (χ3n) is 4.75. The standard InChI is InChI=1S/C17H30N4O4S2/c1-14(2)17(21-11-5-6-12-21)13-18-26(22,23)16-9-7-15(8-10-16)19-27(24,25)20(3)4/h7-10,14,17-19H,5-6,11-13H2,1-4H3. The molecule has 0 bridgehead atoms. The van der Waals surface area contributed by atoms with Gasteiger partial charge < -0.3 is 0 Å². The molecule has 1 fully saturated rings. The van der Waals surface area contributed by atoms with Gasteiger partial charge >= 0.3 is 10.2 Å². The molecule has 1 unspecified atom stereocenters. The van der Waals surface area contributed by atoms with Gasteiger partial charge in [-0.1, -0.05) is 13.8 Å². The summed E-state index contributed by atoms with van der Waals surface area (Å²) in [7, 11) is -4.46. The molecular weight excluding hydrogens is 388 g/mol. The van der Waals surface area contributed by atoms with Gasteiger partial charge in [0.25, 0.3) is 0 Å². The summed E-state index contributed by atoms with van der Waals surface area (Å²) in [6.45, 7) is 6.57. The quantitative estimate of drug-likeness (QED) is 0.630. The fourth-order valence-electron chi connectivity index (χ4n) is 3.08. The van der Waals surface area contributed by atoms with Crippen LogP contribution in [0.15, 0.2) is 29.2 Å². The summed E-state index contributed by atoms with van der Waals surface area (Å²) in [5.74, 6) is 0.341. The van der Waals surface area contributed by atoms with Crippen LogP contribution in [-0.2, 0) is 20.2 Å². The Balaban J connectivity index is 2.05. The normalized spacial score (nSPS) is 17.6. The number of nitrogens with zero attached hydrogens (tertiary/aromatic N) is 2. The fraction of sp³-hybridized carbons (Fsp3) is 0.647. The fourth-order valence-corrected chi connectivity index (χ4v) is 4.75. The van der Waals surface area contributed by atoms with Crippen molar-refractivity contribution < 1.29 is 16.8 Å². The van der Waals surface area contributed by atoms with E-state index in [-0.39, 0.29) is 10.9 Å². The minimum atomic E-state index is -3.66. The van der Waals surface area contributed by atoms with Crippen molar-refractivity contribution in [3.05, 3.63) is 24.3 Å². The Morgan fingerprint density at radius 1 is 1.04 bits per heavy atom. The summed E-state index contributed by atoms with van der Waals surface area (Å²) in [6, 6.07) is 5.84. The summed E-state index contributed by atoms with van der Waals surface area (Å²) >= 11 is 0. The Morgan fingerprint density at radius 2 is 1.59 bits per heavy atom. The lowest BCUT2D eigenvalue weighted by atomic mass is 10.0. The molecule has 8 nitrogen and oxygen atoms in total. The zero-order valence-electron chi connectivity index (χ0n) is 16.3. The van der Waals surface area contributed by atoms with Crippen molar-refractivity contribution in [3.63, 3.8) is 0 Å². The number of anilines is 1. The Kier molecular flexibility index (Phi) is 7.26. The maximum Gasteiger partial charge on any atom is 0.301 e. The van der Waals surface area contributed by atoms with Gasteiger partial charge in [0, 0.05) is 32.4 Å². The first-order valence-electron chi connectivity index (χ1n) is 9.07. The van der Waals surface area contributed by atoms with E-state index in [1.807, 2.05) is 0 Å². The lowest BCUT2D eigenvalue weighted by molar-refractivity contribution is 0.193. The zero-order valence-corrected chi connectivity index (χ0v) is 18.0. The monoisotopic (exact) mass is 418 g/mol. The van der Waals surface area contributed by atoms with Gasteiger partial charge in [0.05, 0.1) is 4.90 Å². The molecule has 1 heterocycles. The highest BCUT2D eigenvalue weighted by molar-refractivity contribution is 7.90. The van der Waals surface area contributed by atoms with Crippen LogP contribution in [0.2, 0.25) is 0 Å². The van der Waals surface area contributed by atoms with Gasteiger partial charge in [-0.25, -0.2) is 13.1 Å². The summed E-state index contributed by atoms with van der Waals surface area (Å²) in [6.07, 6.45) is 2.31. The molecule has 1 aliphatic heterocycles. The number of hydrogen-bond donors (Lipinski definition) is 2. The van der Waals surface area contributed by atoms with E-state index in [0.29, 0.717) is 18.2 Å². The Morgan fingerprint density at radius 3 is 2.07 bits per heavy atom. The maximum absolute atomic E-state index is 12.6. The molecule has 0 radical (unpaired) electrons. The summed E-state index contributed by atoms with van der Waals surface area (Å²) < 4.78 is 55.0. The van der Waals surface area contributed by atoms with Crippen molar-refractivity contribution in [3.8, 4) is 0 Å². The predicted octanol–water partition coefficient (Wildman–Crippen LogP) is 1.30. The van der Waals surface area contributed by atoms with E-state index in [4.69, 9.17) is 0 Å². The molecule has 0 aromatic heterocycles. The number of likely N-dealkylation sites (tertiary alicyclic amines) is 1. The second-order valence-electron chi connectivity index (χ2n) is 7.32. The molecule has 0 saturated carbocycles. The number of rotatable bonds is 9. The first-order chi connectivity index (χ1) is 12.5. The van der Waals surface area contributed by atoms with Gasteiger partial charge in [-0.15, -0.1) is 0 Å². The van der Waals surface area contributed by atoms with Crippen LogP contribution >= 0.6 is 0 Å². The van der Waals surface area contributed by atoms with Gasteiger partial charge in [-0.3, -0.25) is 9.62 Å². The first-order valence-corrected chi connectivity index (χ1v) is 12.0. The van der Waals surface area contributed by atoms with Crippen molar-refractivity contribution in [1.29, 1.82) is 0 Å². The van der Waals surface area contributed by atoms with Crippen molar-refractivity contribution in [2.45, 2.75) is 37.6 Å². The van der Waals surface area contributed by atoms with Gasteiger partial charge in [-0.05, 0) is 56.1 Å². The maximum atomic E-state index is 12.6. The number of nitrogens with one attached hydrogen (secondary N) is 2. The average molecular weight is 419 g/mol. The molecule has 1 atom stereocenters. The topological polar surface area (TPSA) is 98.8 Å². The molecular formula is C17H30N4O4S2. The lowest BCUT2D eigenvalue weighted by Crippen LogP contribution is -2.45. The summed E-state index contributed by atoms with van der Waals surface area (Å²) in [5, 5.41) is 0. The first kappa shape index (κ1) is 22.1. The van der Waals surface area contributed by atoms with E-state index in [0.717, 1.165) is 30.2 Å². The van der Waals surface area contributed by atoms with E-state index in [1.54, 1.807) is 0 Å². The summed E-state index contributed by atoms with van der Waals surface area (Å²) in [4.78, 5) is 2.45. The Bertz CT molecular complexity index is 815. The highest BCUT2D eigenvalue weighted by Crippen LogP contribution is 2.19.